The molecule has 0 amide bonds. The van der Waals surface area contributed by atoms with Crippen LogP contribution in [0.2, 0.25) is 0 Å². The highest BCUT2D eigenvalue weighted by Gasteiger charge is 2.06. The van der Waals surface area contributed by atoms with E-state index in [0.717, 1.165) is 17.6 Å². The molecule has 0 N–H and O–H groups in total. The maximum Gasteiger partial charge on any atom is 0.306 e. The molecule has 0 fully saturated rings. The van der Waals surface area contributed by atoms with Gasteiger partial charge in [-0.3, -0.25) is 9.59 Å². The van der Waals surface area contributed by atoms with E-state index in [1.807, 2.05) is 0 Å². The predicted octanol–water partition coefficient (Wildman–Crippen LogP) is 2.30. The Kier molecular flexibility index (Phi) is 6.28. The SMILES string of the molecule is COC(=O)CCSCc1cc(C=O)ccc1OC. The maximum absolute atomic E-state index is 10.9. The molecule has 0 aromatic heterocycles. The van der Waals surface area contributed by atoms with Gasteiger partial charge in [0.05, 0.1) is 20.6 Å². The molecule has 1 aromatic carbocycles. The first-order valence-electron chi connectivity index (χ1n) is 5.48. The van der Waals surface area contributed by atoms with Crippen molar-refractivity contribution in [2.24, 2.45) is 0 Å². The van der Waals surface area contributed by atoms with Crippen LogP contribution in [-0.2, 0) is 15.3 Å². The molecule has 0 unspecified atom stereocenters. The first kappa shape index (κ1) is 14.6. The third kappa shape index (κ3) is 4.41. The van der Waals surface area contributed by atoms with Gasteiger partial charge in [-0.05, 0) is 18.2 Å². The highest BCUT2D eigenvalue weighted by molar-refractivity contribution is 7.98. The zero-order valence-corrected chi connectivity index (χ0v) is 11.3. The van der Waals surface area contributed by atoms with Gasteiger partial charge < -0.3 is 9.47 Å². The second-order valence-corrected chi connectivity index (χ2v) is 4.67. The first-order chi connectivity index (χ1) is 8.71. The second kappa shape index (κ2) is 7.76. The summed E-state index contributed by atoms with van der Waals surface area (Å²) in [6, 6.07) is 5.30. The molecule has 1 aromatic rings. The van der Waals surface area contributed by atoms with Gasteiger partial charge in [-0.2, -0.15) is 11.8 Å². The van der Waals surface area contributed by atoms with Gasteiger partial charge in [0.2, 0.25) is 0 Å². The Morgan fingerprint density at radius 2 is 2.17 bits per heavy atom. The van der Waals surface area contributed by atoms with Crippen LogP contribution in [0.3, 0.4) is 0 Å². The lowest BCUT2D eigenvalue weighted by molar-refractivity contribution is -0.140. The molecule has 0 radical (unpaired) electrons. The van der Waals surface area contributed by atoms with Crippen LogP contribution in [0.25, 0.3) is 0 Å². The van der Waals surface area contributed by atoms with Crippen LogP contribution in [0.5, 0.6) is 5.75 Å². The largest absolute Gasteiger partial charge is 0.496 e. The number of rotatable bonds is 7. The van der Waals surface area contributed by atoms with Crippen molar-refractivity contribution >= 4 is 24.0 Å². The van der Waals surface area contributed by atoms with Gasteiger partial charge in [-0.15, -0.1) is 0 Å². The molecule has 0 saturated carbocycles. The van der Waals surface area contributed by atoms with Gasteiger partial charge in [-0.1, -0.05) is 0 Å². The number of ether oxygens (including phenoxy) is 2. The van der Waals surface area contributed by atoms with Crippen LogP contribution in [0, 0.1) is 0 Å². The minimum Gasteiger partial charge on any atom is -0.496 e. The Morgan fingerprint density at radius 1 is 1.39 bits per heavy atom. The molecule has 0 bridgehead atoms. The lowest BCUT2D eigenvalue weighted by atomic mass is 10.1. The molecule has 0 heterocycles. The van der Waals surface area contributed by atoms with Crippen LogP contribution in [0.15, 0.2) is 18.2 Å². The predicted molar refractivity (Wildman–Crippen MR) is 71.2 cm³/mol. The third-order valence-corrected chi connectivity index (χ3v) is 3.38. The van der Waals surface area contributed by atoms with E-state index in [0.29, 0.717) is 23.5 Å². The van der Waals surface area contributed by atoms with Crippen LogP contribution in [0.1, 0.15) is 22.3 Å². The molecule has 0 aliphatic heterocycles. The summed E-state index contributed by atoms with van der Waals surface area (Å²) in [5, 5.41) is 0. The molecule has 0 spiro atoms. The summed E-state index contributed by atoms with van der Waals surface area (Å²) in [5.41, 5.74) is 1.58. The van der Waals surface area contributed by atoms with Crippen molar-refractivity contribution in [3.8, 4) is 5.75 Å². The van der Waals surface area contributed by atoms with Gasteiger partial charge in [0.15, 0.2) is 0 Å². The minimum absolute atomic E-state index is 0.212. The lowest BCUT2D eigenvalue weighted by Crippen LogP contribution is -2.01. The molecule has 0 saturated heterocycles. The summed E-state index contributed by atoms with van der Waals surface area (Å²) in [4.78, 5) is 21.6. The molecule has 0 aliphatic rings. The van der Waals surface area contributed by atoms with Crippen molar-refractivity contribution in [1.82, 2.24) is 0 Å². The maximum atomic E-state index is 10.9. The zero-order valence-electron chi connectivity index (χ0n) is 10.5. The topological polar surface area (TPSA) is 52.6 Å². The Labute approximate surface area is 111 Å². The molecule has 5 heteroatoms. The molecule has 18 heavy (non-hydrogen) atoms. The van der Waals surface area contributed by atoms with E-state index in [-0.39, 0.29) is 5.97 Å². The number of esters is 1. The summed E-state index contributed by atoms with van der Waals surface area (Å²) in [5.74, 6) is 1.92. The Balaban J connectivity index is 2.54. The van der Waals surface area contributed by atoms with E-state index in [1.54, 1.807) is 37.1 Å². The van der Waals surface area contributed by atoms with E-state index in [1.165, 1.54) is 7.11 Å². The van der Waals surface area contributed by atoms with Crippen LogP contribution in [-0.4, -0.2) is 32.2 Å². The van der Waals surface area contributed by atoms with Crippen LogP contribution in [0.4, 0.5) is 0 Å². The normalized spacial score (nSPS) is 9.89. The quantitative estimate of drug-likeness (QED) is 0.431. The number of methoxy groups -OCH3 is 2. The Morgan fingerprint density at radius 3 is 2.78 bits per heavy atom. The first-order valence-corrected chi connectivity index (χ1v) is 6.63. The summed E-state index contributed by atoms with van der Waals surface area (Å²) in [6.07, 6.45) is 1.19. The number of hydrogen-bond donors (Lipinski definition) is 0. The molecule has 0 aliphatic carbocycles. The standard InChI is InChI=1S/C13H16O4S/c1-16-12-4-3-10(8-14)7-11(12)9-18-6-5-13(15)17-2/h3-4,7-8H,5-6,9H2,1-2H3. The zero-order chi connectivity index (χ0) is 13.4. The van der Waals surface area contributed by atoms with Crippen molar-refractivity contribution in [3.63, 3.8) is 0 Å². The van der Waals surface area contributed by atoms with Gasteiger partial charge in [0.25, 0.3) is 0 Å². The van der Waals surface area contributed by atoms with Crippen molar-refractivity contribution in [1.29, 1.82) is 0 Å². The second-order valence-electron chi connectivity index (χ2n) is 3.57. The molecule has 98 valence electrons. The Hall–Kier alpha value is -1.49. The van der Waals surface area contributed by atoms with Crippen molar-refractivity contribution < 1.29 is 19.1 Å². The van der Waals surface area contributed by atoms with Gasteiger partial charge >= 0.3 is 5.97 Å². The van der Waals surface area contributed by atoms with E-state index in [9.17, 15) is 9.59 Å². The fraction of sp³-hybridized carbons (Fsp3) is 0.385. The lowest BCUT2D eigenvalue weighted by Gasteiger charge is -2.08. The number of carbonyl (C=O) groups excluding carboxylic acids is 2. The average Bonchev–Trinajstić information content (AvgIpc) is 2.42. The average molecular weight is 268 g/mol. The highest BCUT2D eigenvalue weighted by Crippen LogP contribution is 2.24. The summed E-state index contributed by atoms with van der Waals surface area (Å²) in [6.45, 7) is 0. The minimum atomic E-state index is -0.212. The molecule has 1 rings (SSSR count). The fourth-order valence-electron chi connectivity index (χ4n) is 1.42. The number of thioether (sulfide) groups is 1. The number of aldehydes is 1. The summed E-state index contributed by atoms with van der Waals surface area (Å²) in [7, 11) is 2.97. The third-order valence-electron chi connectivity index (χ3n) is 2.38. The van der Waals surface area contributed by atoms with Crippen molar-refractivity contribution in [3.05, 3.63) is 29.3 Å². The number of hydrogen-bond acceptors (Lipinski definition) is 5. The summed E-state index contributed by atoms with van der Waals surface area (Å²) >= 11 is 1.60. The van der Waals surface area contributed by atoms with E-state index in [4.69, 9.17) is 4.74 Å². The van der Waals surface area contributed by atoms with Crippen molar-refractivity contribution in [2.45, 2.75) is 12.2 Å². The molecular formula is C13H16O4S. The van der Waals surface area contributed by atoms with Gasteiger partial charge in [0.1, 0.15) is 12.0 Å². The monoisotopic (exact) mass is 268 g/mol. The van der Waals surface area contributed by atoms with E-state index >= 15 is 0 Å². The Bertz CT molecular complexity index is 417. The van der Waals surface area contributed by atoms with E-state index in [2.05, 4.69) is 4.74 Å². The highest BCUT2D eigenvalue weighted by atomic mass is 32.2. The summed E-state index contributed by atoms with van der Waals surface area (Å²) < 4.78 is 9.78. The number of carbonyl (C=O) groups is 2. The smallest absolute Gasteiger partial charge is 0.306 e. The fourth-order valence-corrected chi connectivity index (χ4v) is 2.33. The molecule has 4 nitrogen and oxygen atoms in total. The van der Waals surface area contributed by atoms with Crippen LogP contribution < -0.4 is 4.74 Å². The molecule has 0 atom stereocenters. The van der Waals surface area contributed by atoms with Gasteiger partial charge in [-0.25, -0.2) is 0 Å². The van der Waals surface area contributed by atoms with E-state index < -0.39 is 0 Å². The van der Waals surface area contributed by atoms with Crippen LogP contribution >= 0.6 is 11.8 Å². The van der Waals surface area contributed by atoms with Crippen molar-refractivity contribution in [2.75, 3.05) is 20.0 Å². The van der Waals surface area contributed by atoms with Gasteiger partial charge in [0, 0.05) is 22.6 Å². The number of benzene rings is 1. The molecular weight excluding hydrogens is 252 g/mol.